The van der Waals surface area contributed by atoms with E-state index in [2.05, 4.69) is 11.1 Å². The maximum absolute atomic E-state index is 10.0. The molecule has 0 aromatic carbocycles. The monoisotopic (exact) mass is 131 g/mol. The molecule has 5 N–H and O–H groups in total. The Hall–Kier alpha value is -1.26. The van der Waals surface area contributed by atoms with Crippen LogP contribution < -0.4 is 16.8 Å². The quantitative estimate of drug-likeness (QED) is 0.435. The predicted octanol–water partition coefficient (Wildman–Crippen LogP) is -1.47. The molecule has 0 atom stereocenters. The maximum Gasteiger partial charge on any atom is 0.312 e. The lowest BCUT2D eigenvalue weighted by molar-refractivity contribution is -0.117. The Labute approximate surface area is 52.4 Å². The first kappa shape index (κ1) is 7.74. The molecule has 3 amide bonds. The zero-order chi connectivity index (χ0) is 7.28. The number of rotatable bonds is 3. The molecule has 0 heterocycles. The van der Waals surface area contributed by atoms with Gasteiger partial charge in [0.15, 0.2) is 0 Å². The number of amides is 3. The van der Waals surface area contributed by atoms with Gasteiger partial charge in [0.2, 0.25) is 5.91 Å². The normalized spacial score (nSPS) is 8.44. The summed E-state index contributed by atoms with van der Waals surface area (Å²) in [5.74, 6) is -0.455. The second-order valence-corrected chi connectivity index (χ2v) is 1.51. The number of nitrogens with two attached hydrogens (primary N) is 2. The highest BCUT2D eigenvalue weighted by Crippen LogP contribution is 1.70. The van der Waals surface area contributed by atoms with Crippen molar-refractivity contribution < 1.29 is 9.59 Å². The van der Waals surface area contributed by atoms with E-state index < -0.39 is 11.9 Å². The molecule has 0 radical (unpaired) electrons. The lowest BCUT2D eigenvalue weighted by atomic mass is 10.4. The van der Waals surface area contributed by atoms with Gasteiger partial charge < -0.3 is 16.8 Å². The summed E-state index contributed by atoms with van der Waals surface area (Å²) in [5, 5.41) is 2.21. The standard InChI is InChI=1S/C4H9N3O2/c5-3(8)1-2-7-4(6)9/h1-2H2,(H2,5,8)(H3,6,7,9). The number of primary amides is 2. The van der Waals surface area contributed by atoms with E-state index in [-0.39, 0.29) is 13.0 Å². The third-order valence-corrected chi connectivity index (χ3v) is 0.671. The maximum atomic E-state index is 10.0. The van der Waals surface area contributed by atoms with Crippen LogP contribution in [-0.4, -0.2) is 18.5 Å². The lowest BCUT2D eigenvalue weighted by Gasteiger charge is -1.95. The van der Waals surface area contributed by atoms with E-state index in [9.17, 15) is 9.59 Å². The molecule has 0 fully saturated rings. The Morgan fingerprint density at radius 1 is 1.33 bits per heavy atom. The van der Waals surface area contributed by atoms with E-state index in [1.807, 2.05) is 0 Å². The van der Waals surface area contributed by atoms with Crippen molar-refractivity contribution in [3.63, 3.8) is 0 Å². The highest BCUT2D eigenvalue weighted by atomic mass is 16.2. The molecule has 5 nitrogen and oxygen atoms in total. The second kappa shape index (κ2) is 3.71. The number of hydrogen-bond acceptors (Lipinski definition) is 2. The Bertz CT molecular complexity index is 109. The van der Waals surface area contributed by atoms with Gasteiger partial charge in [-0.15, -0.1) is 0 Å². The summed E-state index contributed by atoms with van der Waals surface area (Å²) >= 11 is 0. The van der Waals surface area contributed by atoms with E-state index in [0.29, 0.717) is 0 Å². The third-order valence-electron chi connectivity index (χ3n) is 0.671. The van der Waals surface area contributed by atoms with Gasteiger partial charge in [0.25, 0.3) is 0 Å². The summed E-state index contributed by atoms with van der Waals surface area (Å²) in [5.41, 5.74) is 9.42. The van der Waals surface area contributed by atoms with Gasteiger partial charge in [0.05, 0.1) is 0 Å². The van der Waals surface area contributed by atoms with Crippen molar-refractivity contribution >= 4 is 11.9 Å². The van der Waals surface area contributed by atoms with Gasteiger partial charge in [-0.1, -0.05) is 0 Å². The Kier molecular flexibility index (Phi) is 3.19. The van der Waals surface area contributed by atoms with Crippen LogP contribution in [0.25, 0.3) is 0 Å². The van der Waals surface area contributed by atoms with Crippen LogP contribution in [0.2, 0.25) is 0 Å². The molecular weight excluding hydrogens is 122 g/mol. The molecule has 9 heavy (non-hydrogen) atoms. The fraction of sp³-hybridized carbons (Fsp3) is 0.500. The molecule has 0 aliphatic rings. The van der Waals surface area contributed by atoms with Gasteiger partial charge in [-0.05, 0) is 0 Å². The van der Waals surface area contributed by atoms with Crippen LogP contribution >= 0.6 is 0 Å². The summed E-state index contributed by atoms with van der Waals surface area (Å²) in [6.45, 7) is 0.213. The number of carbonyl (C=O) groups excluding carboxylic acids is 2. The van der Waals surface area contributed by atoms with Crippen LogP contribution in [0, 0.1) is 0 Å². The first-order valence-corrected chi connectivity index (χ1v) is 2.44. The first-order valence-electron chi connectivity index (χ1n) is 2.44. The molecule has 0 aliphatic carbocycles. The summed E-state index contributed by atoms with van der Waals surface area (Å²) in [7, 11) is 0. The minimum atomic E-state index is -0.642. The van der Waals surface area contributed by atoms with Gasteiger partial charge in [0, 0.05) is 13.0 Å². The molecule has 0 bridgehead atoms. The van der Waals surface area contributed by atoms with Crippen molar-refractivity contribution in [3.05, 3.63) is 0 Å². The van der Waals surface area contributed by atoms with Crippen molar-refractivity contribution in [3.8, 4) is 0 Å². The molecule has 52 valence electrons. The van der Waals surface area contributed by atoms with Crippen molar-refractivity contribution in [2.24, 2.45) is 11.5 Å². The third kappa shape index (κ3) is 6.74. The van der Waals surface area contributed by atoms with Gasteiger partial charge in [0.1, 0.15) is 0 Å². The SMILES string of the molecule is NC(=O)CCNC(N)=O. The first-order chi connectivity index (χ1) is 4.13. The molecule has 0 unspecified atom stereocenters. The molecule has 0 saturated carbocycles. The fourth-order valence-electron chi connectivity index (χ4n) is 0.309. The molecule has 0 saturated heterocycles. The van der Waals surface area contributed by atoms with Crippen molar-refractivity contribution in [1.29, 1.82) is 0 Å². The van der Waals surface area contributed by atoms with Gasteiger partial charge >= 0.3 is 6.03 Å². The zero-order valence-electron chi connectivity index (χ0n) is 4.89. The fourth-order valence-corrected chi connectivity index (χ4v) is 0.309. The number of carbonyl (C=O) groups is 2. The van der Waals surface area contributed by atoms with Crippen LogP contribution in [0.5, 0.6) is 0 Å². The van der Waals surface area contributed by atoms with Crippen molar-refractivity contribution in [1.82, 2.24) is 5.32 Å². The van der Waals surface area contributed by atoms with E-state index >= 15 is 0 Å². The topological polar surface area (TPSA) is 98.2 Å². The molecule has 0 aromatic rings. The van der Waals surface area contributed by atoms with Gasteiger partial charge in [-0.3, -0.25) is 4.79 Å². The minimum Gasteiger partial charge on any atom is -0.370 e. The molecule has 5 heteroatoms. The van der Waals surface area contributed by atoms with E-state index in [1.165, 1.54) is 0 Å². The smallest absolute Gasteiger partial charge is 0.312 e. The van der Waals surface area contributed by atoms with Crippen molar-refractivity contribution in [2.45, 2.75) is 6.42 Å². The largest absolute Gasteiger partial charge is 0.370 e. The minimum absolute atomic E-state index is 0.128. The average Bonchev–Trinajstić information content (AvgIpc) is 1.63. The number of nitrogens with one attached hydrogen (secondary N) is 1. The molecule has 0 spiro atoms. The van der Waals surface area contributed by atoms with Crippen LogP contribution in [0.1, 0.15) is 6.42 Å². The Morgan fingerprint density at radius 2 is 1.89 bits per heavy atom. The average molecular weight is 131 g/mol. The number of hydrogen-bond donors (Lipinski definition) is 3. The van der Waals surface area contributed by atoms with Crippen LogP contribution in [0.15, 0.2) is 0 Å². The van der Waals surface area contributed by atoms with Crippen LogP contribution in [0.3, 0.4) is 0 Å². The van der Waals surface area contributed by atoms with Gasteiger partial charge in [-0.25, -0.2) is 4.79 Å². The molecule has 0 aliphatic heterocycles. The highest BCUT2D eigenvalue weighted by Gasteiger charge is 1.93. The summed E-state index contributed by atoms with van der Waals surface area (Å²) in [6.07, 6.45) is 0.128. The van der Waals surface area contributed by atoms with Gasteiger partial charge in [-0.2, -0.15) is 0 Å². The summed E-state index contributed by atoms with van der Waals surface area (Å²) in [4.78, 5) is 20.0. The second-order valence-electron chi connectivity index (χ2n) is 1.51. The molecular formula is C4H9N3O2. The number of urea groups is 1. The lowest BCUT2D eigenvalue weighted by Crippen LogP contribution is -2.32. The van der Waals surface area contributed by atoms with Crippen LogP contribution in [0.4, 0.5) is 4.79 Å². The Morgan fingerprint density at radius 3 is 2.22 bits per heavy atom. The van der Waals surface area contributed by atoms with Crippen molar-refractivity contribution in [2.75, 3.05) is 6.54 Å². The summed E-state index contributed by atoms with van der Waals surface area (Å²) in [6, 6.07) is -0.642. The zero-order valence-corrected chi connectivity index (χ0v) is 4.89. The molecule has 0 aromatic heterocycles. The Balaban J connectivity index is 3.10. The van der Waals surface area contributed by atoms with Crippen LogP contribution in [-0.2, 0) is 4.79 Å². The predicted molar refractivity (Wildman–Crippen MR) is 31.4 cm³/mol. The van der Waals surface area contributed by atoms with E-state index in [0.717, 1.165) is 0 Å². The molecule has 0 rings (SSSR count). The van der Waals surface area contributed by atoms with E-state index in [4.69, 9.17) is 5.73 Å². The summed E-state index contributed by atoms with van der Waals surface area (Å²) < 4.78 is 0. The highest BCUT2D eigenvalue weighted by molar-refractivity contribution is 5.75. The van der Waals surface area contributed by atoms with E-state index in [1.54, 1.807) is 0 Å².